The molecule has 1 N–H and O–H groups in total. The second-order valence-electron chi connectivity index (χ2n) is 14.8. The molecule has 260 valence electrons. The van der Waals surface area contributed by atoms with Gasteiger partial charge in [-0.25, -0.2) is 17.5 Å². The van der Waals surface area contributed by atoms with Crippen molar-refractivity contribution in [3.8, 4) is 5.75 Å². The Hall–Kier alpha value is -2.66. The first-order chi connectivity index (χ1) is 23.0. The Morgan fingerprint density at radius 3 is 2.69 bits per heavy atom. The van der Waals surface area contributed by atoms with Crippen LogP contribution in [0, 0.1) is 11.8 Å². The normalized spacial score (nSPS) is 32.0. The molecule has 2 aliphatic carbocycles. The number of amides is 1. The predicted octanol–water partition coefficient (Wildman–Crippen LogP) is 6.41. The Bertz CT molecular complexity index is 1680. The molecule has 8 nitrogen and oxygen atoms in total. The zero-order chi connectivity index (χ0) is 33.6. The molecule has 2 bridgehead atoms. The molecule has 2 fully saturated rings. The van der Waals surface area contributed by atoms with Gasteiger partial charge in [0.15, 0.2) is 0 Å². The number of benzene rings is 2. The number of nitrogens with zero attached hydrogens (tertiary/aromatic N) is 2. The van der Waals surface area contributed by atoms with E-state index in [1.165, 1.54) is 23.6 Å². The van der Waals surface area contributed by atoms with E-state index in [-0.39, 0.29) is 35.9 Å². The number of ether oxygens (including phenoxy) is 2. The van der Waals surface area contributed by atoms with E-state index in [1.54, 1.807) is 32.0 Å². The Labute approximate surface area is 289 Å². The van der Waals surface area contributed by atoms with E-state index in [1.807, 2.05) is 6.07 Å². The van der Waals surface area contributed by atoms with Gasteiger partial charge >= 0.3 is 0 Å². The monoisotopic (exact) mass is 699 g/mol. The summed E-state index contributed by atoms with van der Waals surface area (Å²) in [6.07, 6.45) is 9.09. The van der Waals surface area contributed by atoms with E-state index >= 15 is 4.39 Å². The third kappa shape index (κ3) is 6.62. The number of anilines is 1. The molecule has 1 amide bonds. The van der Waals surface area contributed by atoms with Crippen LogP contribution < -0.4 is 14.4 Å². The molecule has 1 saturated heterocycles. The van der Waals surface area contributed by atoms with Crippen molar-refractivity contribution >= 4 is 33.2 Å². The van der Waals surface area contributed by atoms with Crippen molar-refractivity contribution in [1.82, 2.24) is 9.62 Å². The van der Waals surface area contributed by atoms with E-state index in [0.717, 1.165) is 50.8 Å². The number of nitrogens with one attached hydrogen (secondary N) is 1. The van der Waals surface area contributed by atoms with Crippen molar-refractivity contribution in [2.24, 2.45) is 11.8 Å². The number of halogens is 2. The average molecular weight is 700 g/mol. The van der Waals surface area contributed by atoms with Crippen molar-refractivity contribution in [2.45, 2.75) is 88.0 Å². The summed E-state index contributed by atoms with van der Waals surface area (Å²) in [5.41, 5.74) is 3.13. The molecular weight excluding hydrogens is 653 g/mol. The number of sulfonamides is 1. The van der Waals surface area contributed by atoms with Crippen LogP contribution in [0.1, 0.15) is 80.3 Å². The topological polar surface area (TPSA) is 88.2 Å². The Kier molecular flexibility index (Phi) is 9.56. The first-order valence-corrected chi connectivity index (χ1v) is 19.5. The Morgan fingerprint density at radius 2 is 1.94 bits per heavy atom. The maximum Gasteiger partial charge on any atom is 0.264 e. The lowest BCUT2D eigenvalue weighted by Crippen LogP contribution is -2.60. The van der Waals surface area contributed by atoms with Crippen molar-refractivity contribution in [3.63, 3.8) is 0 Å². The van der Waals surface area contributed by atoms with Crippen LogP contribution in [-0.2, 0) is 26.6 Å². The Balaban J connectivity index is 1.27. The highest BCUT2D eigenvalue weighted by Crippen LogP contribution is 2.45. The van der Waals surface area contributed by atoms with Crippen molar-refractivity contribution in [3.05, 3.63) is 70.0 Å². The van der Waals surface area contributed by atoms with Crippen LogP contribution >= 0.6 is 11.6 Å². The summed E-state index contributed by atoms with van der Waals surface area (Å²) >= 11 is 6.43. The number of hydrogen-bond acceptors (Lipinski definition) is 7. The highest BCUT2D eigenvalue weighted by atomic mass is 35.5. The highest BCUT2D eigenvalue weighted by Gasteiger charge is 2.44. The summed E-state index contributed by atoms with van der Waals surface area (Å²) in [5, 5.41) is -0.197. The zero-order valence-electron chi connectivity index (χ0n) is 27.9. The molecule has 5 atom stereocenters. The fourth-order valence-corrected chi connectivity index (χ4v) is 9.61. The number of hydrogen-bond donors (Lipinski definition) is 1. The maximum absolute atomic E-state index is 16.2. The van der Waals surface area contributed by atoms with Gasteiger partial charge in [0.2, 0.25) is 10.0 Å². The summed E-state index contributed by atoms with van der Waals surface area (Å²) < 4.78 is 58.1. The molecule has 0 aromatic heterocycles. The minimum Gasteiger partial charge on any atom is -0.490 e. The van der Waals surface area contributed by atoms with Gasteiger partial charge in [-0.05, 0) is 105 Å². The van der Waals surface area contributed by atoms with Crippen LogP contribution in [0.2, 0.25) is 5.02 Å². The molecule has 3 heterocycles. The number of fused-ring (bicyclic) bond motifs is 4. The molecule has 1 saturated carbocycles. The Morgan fingerprint density at radius 1 is 1.10 bits per heavy atom. The summed E-state index contributed by atoms with van der Waals surface area (Å²) in [4.78, 5) is 18.0. The molecule has 2 aromatic rings. The first-order valence-electron chi connectivity index (χ1n) is 17.6. The SMILES string of the molecule is C[C@@H]1[C@@H](C)C/C=C(\F)[C@H](COCC2CCC2)N2CC[C@H]2CN2C[C@@]3(CCCc4cc(Cl)ccc43)COc3ccc(cc32)C(=O)NS1(=O)=O. The number of allylic oxidation sites excluding steroid dienone is 1. The van der Waals surface area contributed by atoms with Crippen molar-refractivity contribution in [1.29, 1.82) is 0 Å². The molecule has 48 heavy (non-hydrogen) atoms. The smallest absolute Gasteiger partial charge is 0.264 e. The molecule has 1 spiro atoms. The van der Waals surface area contributed by atoms with E-state index in [2.05, 4.69) is 26.7 Å². The molecule has 2 aromatic carbocycles. The second-order valence-corrected chi connectivity index (χ2v) is 17.3. The molecule has 11 heteroatoms. The summed E-state index contributed by atoms with van der Waals surface area (Å²) in [6, 6.07) is 10.8. The standard InChI is InChI=1S/C37H47ClFN3O5S/c1-24-8-12-32(39)34(21-46-20-26-5-3-6-26)42-16-14-30(42)19-41-22-37(15-4-7-27-17-29(38)10-11-31(27)37)23-47-35-13-9-28(18-33(35)41)36(43)40-48(44,45)25(24)2/h9-13,17-18,24-26,30,34H,3-8,14-16,19-23H2,1-2H3,(H,40,43)/b32-12-/t24-,25+,30-,34-,37-/m0/s1. The van der Waals surface area contributed by atoms with Crippen LogP contribution in [0.5, 0.6) is 5.75 Å². The molecule has 3 aliphatic heterocycles. The van der Waals surface area contributed by atoms with Crippen LogP contribution in [0.25, 0.3) is 0 Å². The largest absolute Gasteiger partial charge is 0.490 e. The van der Waals surface area contributed by atoms with E-state index in [4.69, 9.17) is 21.1 Å². The minimum absolute atomic E-state index is 0.0554. The lowest BCUT2D eigenvalue weighted by Gasteiger charge is -2.49. The van der Waals surface area contributed by atoms with Gasteiger partial charge in [0.25, 0.3) is 5.91 Å². The van der Waals surface area contributed by atoms with E-state index < -0.39 is 33.1 Å². The van der Waals surface area contributed by atoms with Crippen molar-refractivity contribution in [2.75, 3.05) is 44.4 Å². The van der Waals surface area contributed by atoms with Crippen molar-refractivity contribution < 1.29 is 27.1 Å². The third-order valence-corrected chi connectivity index (χ3v) is 13.9. The van der Waals surface area contributed by atoms with Gasteiger partial charge in [-0.2, -0.15) is 0 Å². The van der Waals surface area contributed by atoms with Gasteiger partial charge in [0.1, 0.15) is 11.6 Å². The highest BCUT2D eigenvalue weighted by molar-refractivity contribution is 7.90. The van der Waals surface area contributed by atoms with Gasteiger partial charge in [-0.3, -0.25) is 9.69 Å². The zero-order valence-corrected chi connectivity index (χ0v) is 29.5. The second kappa shape index (κ2) is 13.6. The van der Waals surface area contributed by atoms with Gasteiger partial charge < -0.3 is 14.4 Å². The number of rotatable bonds is 4. The molecule has 5 aliphatic rings. The summed E-state index contributed by atoms with van der Waals surface area (Å²) in [6.45, 7) is 6.69. The average Bonchev–Trinajstić information content (AvgIpc) is 3.17. The third-order valence-electron chi connectivity index (χ3n) is 11.7. The molecular formula is C37H47ClFN3O5S. The minimum atomic E-state index is -4.04. The van der Waals surface area contributed by atoms with Gasteiger partial charge in [0.05, 0.1) is 30.2 Å². The number of carbonyl (C=O) groups is 1. The van der Waals surface area contributed by atoms with Gasteiger partial charge in [-0.15, -0.1) is 0 Å². The van der Waals surface area contributed by atoms with Gasteiger partial charge in [0, 0.05) is 48.3 Å². The van der Waals surface area contributed by atoms with Crippen LogP contribution in [0.15, 0.2) is 48.3 Å². The molecule has 7 rings (SSSR count). The summed E-state index contributed by atoms with van der Waals surface area (Å²) in [7, 11) is -4.04. The van der Waals surface area contributed by atoms with Crippen LogP contribution in [-0.4, -0.2) is 76.0 Å². The fraction of sp³-hybridized carbons (Fsp3) is 0.595. The lowest BCUT2D eigenvalue weighted by molar-refractivity contribution is -0.0153. The van der Waals surface area contributed by atoms with E-state index in [9.17, 15) is 13.2 Å². The fourth-order valence-electron chi connectivity index (χ4n) is 8.13. The number of carbonyl (C=O) groups excluding carboxylic acids is 1. The van der Waals surface area contributed by atoms with Crippen LogP contribution in [0.4, 0.5) is 10.1 Å². The van der Waals surface area contributed by atoms with Gasteiger partial charge in [-0.1, -0.05) is 37.1 Å². The molecule has 0 unspecified atom stereocenters. The van der Waals surface area contributed by atoms with E-state index in [0.29, 0.717) is 43.0 Å². The maximum atomic E-state index is 16.2. The van der Waals surface area contributed by atoms with Crippen LogP contribution in [0.3, 0.4) is 0 Å². The molecule has 0 radical (unpaired) electrons. The predicted molar refractivity (Wildman–Crippen MR) is 186 cm³/mol. The lowest BCUT2D eigenvalue weighted by atomic mass is 9.70. The summed E-state index contributed by atoms with van der Waals surface area (Å²) in [5.74, 6) is -0.191. The number of aryl methyl sites for hydroxylation is 1. The quantitative estimate of drug-likeness (QED) is 0.395. The first kappa shape index (κ1) is 33.8.